The molecule has 0 saturated carbocycles. The van der Waals surface area contributed by atoms with Crippen molar-refractivity contribution in [2.24, 2.45) is 0 Å². The molecule has 0 radical (unpaired) electrons. The maximum absolute atomic E-state index is 9.65. The Labute approximate surface area is 493 Å². The molecule has 0 atom stereocenters. The van der Waals surface area contributed by atoms with Crippen molar-refractivity contribution in [3.8, 4) is 33.6 Å². The fourth-order valence-electron chi connectivity index (χ4n) is 12.3. The van der Waals surface area contributed by atoms with Gasteiger partial charge in [0.25, 0.3) is 0 Å². The topological polar surface area (TPSA) is 26.2 Å². The smallest absolute Gasteiger partial charge is 0.249 e. The number of aromatic nitrogens is 2. The largest absolute Gasteiger partial charge is 0.455 e. The summed E-state index contributed by atoms with van der Waals surface area (Å²) in [6.45, 7) is 12.4. The van der Waals surface area contributed by atoms with E-state index in [2.05, 4.69) is 101 Å². The van der Waals surface area contributed by atoms with Crippen LogP contribution < -0.4 is 21.3 Å². The number of hydrogen-bond donors (Lipinski definition) is 0. The SMILES string of the molecule is [2H]c1c([2H])c([2H])c2c(c1[2H])c1c([2H])c([2H])c([2H])c([2H])c1n2-c1ccc2c(c1)Sc1cc(C(C)(C)C)cc3c1B2c1ccc(-n2c4c([2H])c([2H])c([2H])c([2H])c4c4c([2H])c([2H])c([2H])c([2H])c42)cc1N3c1c(-c2ccccc2)cc(C(C)(C)C)cc1-c1cccc2c1oc1ccccc12. The summed E-state index contributed by atoms with van der Waals surface area (Å²) >= 11 is 1.52. The van der Waals surface area contributed by atoms with Crippen molar-refractivity contribution in [2.45, 2.75) is 62.2 Å². The maximum atomic E-state index is 9.65. The number of nitrogens with zero attached hydrogens (tertiary/aromatic N) is 3. The average Bonchev–Trinajstić information content (AvgIpc) is 1.13. The monoisotopic (exact) mass is 1060 g/mol. The molecular formula is C74H56BN3OS. The van der Waals surface area contributed by atoms with Crippen LogP contribution in [-0.4, -0.2) is 15.8 Å². The van der Waals surface area contributed by atoms with E-state index in [0.717, 1.165) is 81.7 Å². The van der Waals surface area contributed by atoms with Crippen molar-refractivity contribution in [3.63, 3.8) is 0 Å². The second kappa shape index (κ2) is 17.3. The molecule has 2 aliphatic rings. The minimum absolute atomic E-state index is 0.00623. The lowest BCUT2D eigenvalue weighted by Crippen LogP contribution is -2.60. The van der Waals surface area contributed by atoms with Crippen molar-refractivity contribution in [2.75, 3.05) is 4.90 Å². The normalized spacial score (nSPS) is 16.1. The van der Waals surface area contributed by atoms with Gasteiger partial charge in [-0.15, -0.1) is 0 Å². The number of benzene rings is 11. The Balaban J connectivity index is 1.07. The highest BCUT2D eigenvalue weighted by molar-refractivity contribution is 8.00. The molecule has 0 fully saturated rings. The van der Waals surface area contributed by atoms with Gasteiger partial charge in [-0.1, -0.05) is 210 Å². The van der Waals surface area contributed by atoms with Crippen molar-refractivity contribution in [1.29, 1.82) is 0 Å². The van der Waals surface area contributed by atoms with E-state index in [-0.39, 0.29) is 43.6 Å². The molecule has 382 valence electrons. The molecule has 11 aromatic carbocycles. The van der Waals surface area contributed by atoms with Crippen LogP contribution in [-0.2, 0) is 10.8 Å². The summed E-state index contributed by atoms with van der Waals surface area (Å²) < 4.78 is 157. The summed E-state index contributed by atoms with van der Waals surface area (Å²) in [5.41, 5.74) is 11.3. The van der Waals surface area contributed by atoms with E-state index in [9.17, 15) is 11.0 Å². The molecule has 0 amide bonds. The van der Waals surface area contributed by atoms with Crippen molar-refractivity contribution < 1.29 is 26.3 Å². The molecule has 14 aromatic rings. The molecule has 0 aliphatic carbocycles. The molecule has 6 heteroatoms. The Hall–Kier alpha value is -8.97. The third-order valence-corrected chi connectivity index (χ3v) is 17.3. The molecule has 0 saturated heterocycles. The molecule has 0 bridgehead atoms. The number of hydrogen-bond acceptors (Lipinski definition) is 3. The number of anilines is 3. The van der Waals surface area contributed by atoms with E-state index in [1.54, 1.807) is 4.57 Å². The standard InChI is InChI=1S/C74H56BN3OS/c1-73(2,3)46-39-57(45-21-8-7-9-22-45)71(58(40-46)56-29-20-28-55-54-27-14-19-34-67(54)79-72(55)56)78-65-43-48(76-61-30-15-10-23-50(61)51-24-11-16-31-62(51)76)35-37-59(65)75-60-38-36-49(77-63-32-17-12-25-52(63)53-26-13-18-33-64(53)77)44-68(60)80-69-42-47(74(4,5)6)41-66(78)70(69)75/h7-44H,1-6H3/i10D,11D,12D,13D,15D,16D,17D,18D,23D,24D,25D,26D,30D,31D,32D,33D. The lowest BCUT2D eigenvalue weighted by Gasteiger charge is -2.43. The Morgan fingerprint density at radius 2 is 0.975 bits per heavy atom. The van der Waals surface area contributed by atoms with Crippen LogP contribution >= 0.6 is 11.8 Å². The Morgan fingerprint density at radius 3 is 1.60 bits per heavy atom. The number of rotatable bonds is 5. The second-order valence-corrected chi connectivity index (χ2v) is 24.0. The zero-order valence-electron chi connectivity index (χ0n) is 60.4. The predicted molar refractivity (Wildman–Crippen MR) is 341 cm³/mol. The van der Waals surface area contributed by atoms with Crippen molar-refractivity contribution in [3.05, 3.63) is 241 Å². The van der Waals surface area contributed by atoms with Gasteiger partial charge < -0.3 is 18.5 Å². The molecule has 2 aliphatic heterocycles. The van der Waals surface area contributed by atoms with Crippen molar-refractivity contribution >= 4 is 117 Å². The quantitative estimate of drug-likeness (QED) is 0.161. The van der Waals surface area contributed by atoms with Gasteiger partial charge in [0.1, 0.15) is 11.2 Å². The zero-order chi connectivity index (χ0) is 67.7. The highest BCUT2D eigenvalue weighted by Crippen LogP contribution is 2.53. The lowest BCUT2D eigenvalue weighted by molar-refractivity contribution is 0.589. The minimum Gasteiger partial charge on any atom is -0.455 e. The summed E-state index contributed by atoms with van der Waals surface area (Å²) in [5, 5.41) is 1.67. The van der Waals surface area contributed by atoms with E-state index < -0.39 is 114 Å². The van der Waals surface area contributed by atoms with Gasteiger partial charge in [-0.05, 0) is 117 Å². The number of furan rings is 1. The average molecular weight is 1060 g/mol. The first-order chi connectivity index (χ1) is 45.6. The number of para-hydroxylation sites is 6. The summed E-state index contributed by atoms with van der Waals surface area (Å²) in [7, 11) is 0. The van der Waals surface area contributed by atoms with Crippen LogP contribution in [0.5, 0.6) is 0 Å². The first kappa shape index (κ1) is 33.5. The second-order valence-electron chi connectivity index (χ2n) is 22.9. The highest BCUT2D eigenvalue weighted by Gasteiger charge is 2.44. The van der Waals surface area contributed by atoms with Crippen LogP contribution in [0.25, 0.3) is 99.2 Å². The van der Waals surface area contributed by atoms with Crippen LogP contribution in [0, 0.1) is 0 Å². The van der Waals surface area contributed by atoms with Crippen LogP contribution in [0.3, 0.4) is 0 Å². The molecule has 16 rings (SSSR count). The van der Waals surface area contributed by atoms with E-state index in [1.165, 1.54) is 16.3 Å². The predicted octanol–water partition coefficient (Wildman–Crippen LogP) is 18.5. The van der Waals surface area contributed by atoms with Gasteiger partial charge >= 0.3 is 0 Å². The summed E-state index contributed by atoms with van der Waals surface area (Å²) in [5.74, 6) is 0. The van der Waals surface area contributed by atoms with Gasteiger partial charge in [0.15, 0.2) is 0 Å². The maximum Gasteiger partial charge on any atom is 0.249 e. The lowest BCUT2D eigenvalue weighted by atomic mass is 9.34. The Bertz CT molecular complexity index is 5730. The summed E-state index contributed by atoms with van der Waals surface area (Å²) in [6, 6.07) is 37.0. The third-order valence-electron chi connectivity index (χ3n) is 16.2. The van der Waals surface area contributed by atoms with Gasteiger partial charge in [-0.25, -0.2) is 0 Å². The highest BCUT2D eigenvalue weighted by atomic mass is 32.2. The molecule has 0 unspecified atom stereocenters. The number of fused-ring (bicyclic) bond motifs is 13. The fourth-order valence-corrected chi connectivity index (χ4v) is 13.6. The van der Waals surface area contributed by atoms with Crippen molar-refractivity contribution in [1.82, 2.24) is 9.13 Å². The van der Waals surface area contributed by atoms with Crippen LogP contribution in [0.15, 0.2) is 244 Å². The van der Waals surface area contributed by atoms with Crippen LogP contribution in [0.1, 0.15) is 74.6 Å². The van der Waals surface area contributed by atoms with Gasteiger partial charge in [-0.2, -0.15) is 0 Å². The summed E-state index contributed by atoms with van der Waals surface area (Å²) in [6.07, 6.45) is 0. The molecule has 4 nitrogen and oxygen atoms in total. The Morgan fingerprint density at radius 1 is 0.438 bits per heavy atom. The fraction of sp³-hybridized carbons (Fsp3) is 0.108. The van der Waals surface area contributed by atoms with Gasteiger partial charge in [0.05, 0.1) is 49.7 Å². The van der Waals surface area contributed by atoms with Gasteiger partial charge in [0.2, 0.25) is 6.71 Å². The first-order valence-corrected chi connectivity index (χ1v) is 27.5. The van der Waals surface area contributed by atoms with E-state index in [1.807, 2.05) is 78.9 Å². The van der Waals surface area contributed by atoms with E-state index >= 15 is 0 Å². The molecule has 0 N–H and O–H groups in total. The zero-order valence-corrected chi connectivity index (χ0v) is 45.3. The molecule has 80 heavy (non-hydrogen) atoms. The Kier molecular flexibility index (Phi) is 7.22. The molecular weight excluding hydrogens is 990 g/mol. The van der Waals surface area contributed by atoms with Gasteiger partial charge in [0, 0.05) is 81.5 Å². The molecule has 5 heterocycles. The molecule has 3 aromatic heterocycles. The van der Waals surface area contributed by atoms with E-state index in [0.29, 0.717) is 28.2 Å². The molecule has 0 spiro atoms. The van der Waals surface area contributed by atoms with Crippen LogP contribution in [0.2, 0.25) is 0 Å². The third kappa shape index (κ3) is 6.98. The van der Waals surface area contributed by atoms with Gasteiger partial charge in [-0.3, -0.25) is 0 Å². The minimum atomic E-state index is -0.591. The first-order valence-electron chi connectivity index (χ1n) is 34.7. The van der Waals surface area contributed by atoms with Crippen LogP contribution in [0.4, 0.5) is 17.1 Å². The van der Waals surface area contributed by atoms with E-state index in [4.69, 9.17) is 15.4 Å². The summed E-state index contributed by atoms with van der Waals surface area (Å²) in [4.78, 5) is 3.93.